The second-order valence-corrected chi connectivity index (χ2v) is 6.88. The monoisotopic (exact) mass is 366 g/mol. The maximum absolute atomic E-state index is 11.1. The van der Waals surface area contributed by atoms with Crippen molar-refractivity contribution in [3.8, 4) is 0 Å². The van der Waals surface area contributed by atoms with E-state index in [1.54, 1.807) is 11.3 Å². The molecule has 0 aliphatic carbocycles. The Morgan fingerprint density at radius 1 is 1.12 bits per heavy atom. The van der Waals surface area contributed by atoms with Crippen molar-refractivity contribution in [1.82, 2.24) is 4.98 Å². The first-order chi connectivity index (χ1) is 12.5. The second-order valence-electron chi connectivity index (χ2n) is 5.85. The lowest BCUT2D eigenvalue weighted by Gasteiger charge is -2.05. The number of amides is 1. The van der Waals surface area contributed by atoms with E-state index in [2.05, 4.69) is 10.3 Å². The molecule has 0 saturated heterocycles. The smallest absolute Gasteiger partial charge is 0.303 e. The number of fused-ring (bicyclic) bond motifs is 1. The minimum Gasteiger partial charge on any atom is -0.481 e. The number of aromatic nitrogens is 1. The van der Waals surface area contributed by atoms with E-state index >= 15 is 0 Å². The zero-order valence-corrected chi connectivity index (χ0v) is 15.0. The van der Waals surface area contributed by atoms with Crippen molar-refractivity contribution in [3.05, 3.63) is 59.1 Å². The highest BCUT2D eigenvalue weighted by atomic mass is 32.1. The number of anilines is 1. The number of aliphatic carboxylic acids is 1. The Kier molecular flexibility index (Phi) is 5.43. The number of carboxylic acids is 1. The standard InChI is InChI=1S/C20H18N2O3S/c1-13(23)21-16-9-6-14(7-10-16)12-15(8-11-19(24)25)20-22-17-4-2-3-5-18(17)26-20/h2-7,9-10,12H,8,11H2,1H3,(H,21,23)(H,24,25)/b15-12+. The summed E-state index contributed by atoms with van der Waals surface area (Å²) in [7, 11) is 0. The molecule has 2 aromatic carbocycles. The number of thiazole rings is 1. The van der Waals surface area contributed by atoms with Crippen LogP contribution in [-0.4, -0.2) is 22.0 Å². The first kappa shape index (κ1) is 17.8. The van der Waals surface area contributed by atoms with E-state index in [0.29, 0.717) is 6.42 Å². The van der Waals surface area contributed by atoms with Gasteiger partial charge in [-0.25, -0.2) is 4.98 Å². The van der Waals surface area contributed by atoms with Gasteiger partial charge in [0.25, 0.3) is 0 Å². The van der Waals surface area contributed by atoms with E-state index in [1.807, 2.05) is 54.6 Å². The Bertz CT molecular complexity index is 941. The van der Waals surface area contributed by atoms with Crippen molar-refractivity contribution in [3.63, 3.8) is 0 Å². The molecule has 1 amide bonds. The summed E-state index contributed by atoms with van der Waals surface area (Å²) in [4.78, 5) is 26.8. The third-order valence-electron chi connectivity index (χ3n) is 3.75. The minimum absolute atomic E-state index is 0.0474. The van der Waals surface area contributed by atoms with E-state index in [-0.39, 0.29) is 12.3 Å². The second kappa shape index (κ2) is 7.93. The van der Waals surface area contributed by atoms with Crippen LogP contribution in [0.4, 0.5) is 5.69 Å². The number of carbonyl (C=O) groups excluding carboxylic acids is 1. The largest absolute Gasteiger partial charge is 0.481 e. The molecular weight excluding hydrogens is 348 g/mol. The topological polar surface area (TPSA) is 79.3 Å². The molecule has 0 fully saturated rings. The van der Waals surface area contributed by atoms with E-state index in [1.165, 1.54) is 6.92 Å². The van der Waals surface area contributed by atoms with Crippen molar-refractivity contribution in [2.24, 2.45) is 0 Å². The predicted octanol–water partition coefficient (Wildman–Crippen LogP) is 4.66. The number of hydrogen-bond acceptors (Lipinski definition) is 4. The SMILES string of the molecule is CC(=O)Nc1ccc(/C=C(\CCC(=O)O)c2nc3ccccc3s2)cc1. The highest BCUT2D eigenvalue weighted by Gasteiger charge is 2.11. The van der Waals surface area contributed by atoms with Crippen LogP contribution in [0.3, 0.4) is 0 Å². The van der Waals surface area contributed by atoms with Crippen molar-refractivity contribution < 1.29 is 14.7 Å². The summed E-state index contributed by atoms with van der Waals surface area (Å²) in [5, 5.41) is 12.6. The highest BCUT2D eigenvalue weighted by Crippen LogP contribution is 2.31. The van der Waals surface area contributed by atoms with Gasteiger partial charge in [0.05, 0.1) is 10.2 Å². The summed E-state index contributed by atoms with van der Waals surface area (Å²) >= 11 is 1.56. The molecule has 0 radical (unpaired) electrons. The molecule has 3 rings (SSSR count). The number of carbonyl (C=O) groups is 2. The lowest BCUT2D eigenvalue weighted by atomic mass is 10.1. The van der Waals surface area contributed by atoms with Gasteiger partial charge in [0.2, 0.25) is 5.91 Å². The van der Waals surface area contributed by atoms with Gasteiger partial charge >= 0.3 is 5.97 Å². The molecule has 3 aromatic rings. The fourth-order valence-corrected chi connectivity index (χ4v) is 3.57. The van der Waals surface area contributed by atoms with Crippen molar-refractivity contribution in [2.75, 3.05) is 5.32 Å². The number of rotatable bonds is 6. The highest BCUT2D eigenvalue weighted by molar-refractivity contribution is 7.19. The third-order valence-corrected chi connectivity index (χ3v) is 4.86. The average Bonchev–Trinajstić information content (AvgIpc) is 3.03. The zero-order chi connectivity index (χ0) is 18.5. The lowest BCUT2D eigenvalue weighted by molar-refractivity contribution is -0.136. The molecule has 0 atom stereocenters. The Labute approximate surface area is 155 Å². The van der Waals surface area contributed by atoms with Crippen molar-refractivity contribution in [1.29, 1.82) is 0 Å². The van der Waals surface area contributed by atoms with Crippen LogP contribution in [0.25, 0.3) is 21.9 Å². The van der Waals surface area contributed by atoms with Gasteiger partial charge in [0.15, 0.2) is 0 Å². The van der Waals surface area contributed by atoms with E-state index < -0.39 is 5.97 Å². The molecule has 0 bridgehead atoms. The van der Waals surface area contributed by atoms with E-state index in [4.69, 9.17) is 5.11 Å². The Morgan fingerprint density at radius 3 is 2.50 bits per heavy atom. The molecule has 1 heterocycles. The number of allylic oxidation sites excluding steroid dienone is 1. The summed E-state index contributed by atoms with van der Waals surface area (Å²) in [6, 6.07) is 15.3. The van der Waals surface area contributed by atoms with E-state index in [0.717, 1.165) is 32.0 Å². The fraction of sp³-hybridized carbons (Fsp3) is 0.150. The van der Waals surface area contributed by atoms with Gasteiger partial charge in [-0.3, -0.25) is 9.59 Å². The van der Waals surface area contributed by atoms with Gasteiger partial charge < -0.3 is 10.4 Å². The van der Waals surface area contributed by atoms with Crippen LogP contribution >= 0.6 is 11.3 Å². The summed E-state index contributed by atoms with van der Waals surface area (Å²) in [5.74, 6) is -0.956. The summed E-state index contributed by atoms with van der Waals surface area (Å²) in [6.07, 6.45) is 2.41. The summed E-state index contributed by atoms with van der Waals surface area (Å²) in [6.45, 7) is 1.46. The molecule has 0 spiro atoms. The number of carboxylic acid groups (broad SMARTS) is 1. The minimum atomic E-state index is -0.835. The number of nitrogens with one attached hydrogen (secondary N) is 1. The molecule has 6 heteroatoms. The first-order valence-electron chi connectivity index (χ1n) is 8.17. The van der Waals surface area contributed by atoms with Gasteiger partial charge in [-0.2, -0.15) is 0 Å². The molecule has 0 aliphatic heterocycles. The lowest BCUT2D eigenvalue weighted by Crippen LogP contribution is -2.05. The van der Waals surface area contributed by atoms with Crippen LogP contribution in [0.15, 0.2) is 48.5 Å². The van der Waals surface area contributed by atoms with Gasteiger partial charge in [-0.15, -0.1) is 11.3 Å². The number of benzene rings is 2. The van der Waals surface area contributed by atoms with Gasteiger partial charge in [0, 0.05) is 19.0 Å². The molecule has 132 valence electrons. The zero-order valence-electron chi connectivity index (χ0n) is 14.2. The van der Waals surface area contributed by atoms with Crippen LogP contribution in [0.5, 0.6) is 0 Å². The van der Waals surface area contributed by atoms with Crippen molar-refractivity contribution >= 4 is 50.8 Å². The van der Waals surface area contributed by atoms with E-state index in [9.17, 15) is 9.59 Å². The Morgan fingerprint density at radius 2 is 1.85 bits per heavy atom. The Balaban J connectivity index is 1.93. The number of hydrogen-bond donors (Lipinski definition) is 2. The maximum atomic E-state index is 11.1. The van der Waals surface area contributed by atoms with Gasteiger partial charge in [0.1, 0.15) is 5.01 Å². The first-order valence-corrected chi connectivity index (χ1v) is 8.99. The molecule has 0 saturated carbocycles. The van der Waals surface area contributed by atoms with Gasteiger partial charge in [-0.1, -0.05) is 24.3 Å². The van der Waals surface area contributed by atoms with Crippen LogP contribution < -0.4 is 5.32 Å². The molecule has 2 N–H and O–H groups in total. The molecule has 1 aromatic heterocycles. The van der Waals surface area contributed by atoms with Gasteiger partial charge in [-0.05, 0) is 47.9 Å². The normalized spacial score (nSPS) is 11.5. The van der Waals surface area contributed by atoms with Crippen LogP contribution in [0, 0.1) is 0 Å². The summed E-state index contributed by atoms with van der Waals surface area (Å²) in [5.41, 5.74) is 3.45. The maximum Gasteiger partial charge on any atom is 0.303 e. The molecular formula is C20H18N2O3S. The molecule has 0 aliphatic rings. The summed E-state index contributed by atoms with van der Waals surface area (Å²) < 4.78 is 1.07. The molecule has 5 nitrogen and oxygen atoms in total. The average molecular weight is 366 g/mol. The van der Waals surface area contributed by atoms with Crippen molar-refractivity contribution in [2.45, 2.75) is 19.8 Å². The quantitative estimate of drug-likeness (QED) is 0.665. The Hall–Kier alpha value is -2.99. The number of para-hydroxylation sites is 1. The van der Waals surface area contributed by atoms with Crippen LogP contribution in [-0.2, 0) is 9.59 Å². The predicted molar refractivity (Wildman–Crippen MR) is 105 cm³/mol. The molecule has 0 unspecified atom stereocenters. The molecule has 26 heavy (non-hydrogen) atoms. The fourth-order valence-electron chi connectivity index (χ4n) is 2.56. The van der Waals surface area contributed by atoms with Crippen LogP contribution in [0.1, 0.15) is 30.3 Å². The number of nitrogens with zero attached hydrogens (tertiary/aromatic N) is 1. The third kappa shape index (κ3) is 4.55. The van der Waals surface area contributed by atoms with Crippen LogP contribution in [0.2, 0.25) is 0 Å².